The lowest BCUT2D eigenvalue weighted by Crippen LogP contribution is -2.36. The average molecular weight is 251 g/mol. The largest absolute Gasteiger partial charge is 0.465 e. The van der Waals surface area contributed by atoms with Crippen LogP contribution in [-0.2, 0) is 4.74 Å². The lowest BCUT2D eigenvalue weighted by Gasteiger charge is -2.13. The van der Waals surface area contributed by atoms with Crippen molar-refractivity contribution < 1.29 is 19.4 Å². The summed E-state index contributed by atoms with van der Waals surface area (Å²) in [6, 6.07) is 5.90. The average Bonchev–Trinajstić information content (AvgIpc) is 2.43. The maximum absolute atomic E-state index is 11.8. The zero-order chi connectivity index (χ0) is 13.5. The van der Waals surface area contributed by atoms with Gasteiger partial charge in [0.1, 0.15) is 0 Å². The molecule has 1 atom stereocenters. The molecule has 0 saturated carbocycles. The molecule has 0 aliphatic rings. The topological polar surface area (TPSA) is 75.6 Å². The molecule has 0 saturated heterocycles. The van der Waals surface area contributed by atoms with Gasteiger partial charge < -0.3 is 15.2 Å². The number of hydrogen-bond donors (Lipinski definition) is 2. The van der Waals surface area contributed by atoms with E-state index in [2.05, 4.69) is 10.1 Å². The Balaban J connectivity index is 2.73. The second-order valence-electron chi connectivity index (χ2n) is 3.83. The smallest absolute Gasteiger partial charge is 0.337 e. The summed E-state index contributed by atoms with van der Waals surface area (Å²) in [7, 11) is 1.30. The van der Waals surface area contributed by atoms with Crippen LogP contribution in [0.4, 0.5) is 0 Å². The summed E-state index contributed by atoms with van der Waals surface area (Å²) in [5, 5.41) is 11.7. The normalized spacial score (nSPS) is 11.7. The van der Waals surface area contributed by atoms with E-state index in [9.17, 15) is 9.59 Å². The summed E-state index contributed by atoms with van der Waals surface area (Å²) in [4.78, 5) is 23.0. The maximum Gasteiger partial charge on any atom is 0.337 e. The van der Waals surface area contributed by atoms with Crippen LogP contribution in [0, 0.1) is 0 Å². The Morgan fingerprint density at radius 2 is 1.83 bits per heavy atom. The molecular formula is C13H17NO4. The van der Waals surface area contributed by atoms with Crippen molar-refractivity contribution in [2.24, 2.45) is 0 Å². The van der Waals surface area contributed by atoms with Gasteiger partial charge in [0.05, 0.1) is 25.3 Å². The molecule has 1 amide bonds. The van der Waals surface area contributed by atoms with Crippen LogP contribution in [0.15, 0.2) is 24.3 Å². The molecule has 0 heterocycles. The first kappa shape index (κ1) is 14.2. The van der Waals surface area contributed by atoms with Crippen molar-refractivity contribution in [3.8, 4) is 0 Å². The highest BCUT2D eigenvalue weighted by atomic mass is 16.5. The highest BCUT2D eigenvalue weighted by molar-refractivity contribution is 5.96. The fraction of sp³-hybridized carbons (Fsp3) is 0.385. The molecule has 2 N–H and O–H groups in total. The lowest BCUT2D eigenvalue weighted by atomic mass is 10.1. The second kappa shape index (κ2) is 6.76. The number of rotatable bonds is 5. The Morgan fingerprint density at radius 1 is 1.28 bits per heavy atom. The van der Waals surface area contributed by atoms with E-state index in [1.54, 1.807) is 12.1 Å². The number of carbonyl (C=O) groups is 2. The number of ether oxygens (including phenoxy) is 1. The quantitative estimate of drug-likeness (QED) is 0.765. The minimum absolute atomic E-state index is 0.0948. The number of benzene rings is 1. The van der Waals surface area contributed by atoms with E-state index in [1.807, 2.05) is 6.92 Å². The Kier molecular flexibility index (Phi) is 5.32. The number of carbonyl (C=O) groups excluding carboxylic acids is 2. The molecule has 0 radical (unpaired) electrons. The van der Waals surface area contributed by atoms with E-state index >= 15 is 0 Å². The zero-order valence-corrected chi connectivity index (χ0v) is 10.5. The number of aliphatic hydroxyl groups excluding tert-OH is 1. The van der Waals surface area contributed by atoms with Crippen molar-refractivity contribution >= 4 is 11.9 Å². The minimum Gasteiger partial charge on any atom is -0.465 e. The van der Waals surface area contributed by atoms with E-state index in [4.69, 9.17) is 5.11 Å². The number of esters is 1. The molecule has 0 fully saturated rings. The third-order valence-corrected chi connectivity index (χ3v) is 2.62. The first-order valence-electron chi connectivity index (χ1n) is 5.72. The molecule has 1 aromatic carbocycles. The Hall–Kier alpha value is -1.88. The van der Waals surface area contributed by atoms with Crippen molar-refractivity contribution in [2.45, 2.75) is 19.4 Å². The number of amides is 1. The number of aliphatic hydroxyl groups is 1. The highest BCUT2D eigenvalue weighted by Gasteiger charge is 2.12. The van der Waals surface area contributed by atoms with Gasteiger partial charge in [-0.2, -0.15) is 0 Å². The first-order valence-corrected chi connectivity index (χ1v) is 5.72. The first-order chi connectivity index (χ1) is 8.62. The van der Waals surface area contributed by atoms with Crippen LogP contribution >= 0.6 is 0 Å². The van der Waals surface area contributed by atoms with Gasteiger partial charge in [-0.05, 0) is 30.7 Å². The molecule has 0 bridgehead atoms. The predicted octanol–water partition coefficient (Wildman–Crippen LogP) is 0.974. The van der Waals surface area contributed by atoms with Crippen molar-refractivity contribution in [1.29, 1.82) is 0 Å². The second-order valence-corrected chi connectivity index (χ2v) is 3.83. The fourth-order valence-electron chi connectivity index (χ4n) is 1.42. The summed E-state index contributed by atoms with van der Waals surface area (Å²) in [6.07, 6.45) is 0.655. The van der Waals surface area contributed by atoms with Gasteiger partial charge in [-0.25, -0.2) is 4.79 Å². The third kappa shape index (κ3) is 3.56. The molecule has 0 spiro atoms. The van der Waals surface area contributed by atoms with Gasteiger partial charge in [-0.1, -0.05) is 6.92 Å². The van der Waals surface area contributed by atoms with Crippen molar-refractivity contribution in [3.63, 3.8) is 0 Å². The maximum atomic E-state index is 11.8. The van der Waals surface area contributed by atoms with E-state index in [1.165, 1.54) is 19.2 Å². The molecular weight excluding hydrogens is 234 g/mol. The fourth-order valence-corrected chi connectivity index (χ4v) is 1.42. The Labute approximate surface area is 106 Å². The number of hydrogen-bond acceptors (Lipinski definition) is 4. The molecule has 5 nitrogen and oxygen atoms in total. The van der Waals surface area contributed by atoms with Crippen molar-refractivity contribution in [3.05, 3.63) is 35.4 Å². The molecule has 18 heavy (non-hydrogen) atoms. The molecule has 0 aliphatic carbocycles. The summed E-state index contributed by atoms with van der Waals surface area (Å²) in [5.41, 5.74) is 0.831. The summed E-state index contributed by atoms with van der Waals surface area (Å²) in [6.45, 7) is 1.78. The van der Waals surface area contributed by atoms with E-state index in [0.717, 1.165) is 0 Å². The Morgan fingerprint density at radius 3 is 2.28 bits per heavy atom. The predicted molar refractivity (Wildman–Crippen MR) is 66.4 cm³/mol. The molecule has 0 aromatic heterocycles. The van der Waals surface area contributed by atoms with Crippen LogP contribution in [0.25, 0.3) is 0 Å². The molecule has 1 aromatic rings. The van der Waals surface area contributed by atoms with Crippen LogP contribution in [0.5, 0.6) is 0 Å². The van der Waals surface area contributed by atoms with Crippen molar-refractivity contribution in [2.75, 3.05) is 13.7 Å². The number of nitrogens with one attached hydrogen (secondary N) is 1. The third-order valence-electron chi connectivity index (χ3n) is 2.62. The summed E-state index contributed by atoms with van der Waals surface area (Å²) in [5.74, 6) is -0.712. The van der Waals surface area contributed by atoms with E-state index in [0.29, 0.717) is 17.5 Å². The van der Waals surface area contributed by atoms with Crippen molar-refractivity contribution in [1.82, 2.24) is 5.32 Å². The monoisotopic (exact) mass is 251 g/mol. The summed E-state index contributed by atoms with van der Waals surface area (Å²) < 4.78 is 4.56. The van der Waals surface area contributed by atoms with Gasteiger partial charge in [0.2, 0.25) is 0 Å². The molecule has 98 valence electrons. The number of methoxy groups -OCH3 is 1. The molecule has 0 aliphatic heterocycles. The van der Waals surface area contributed by atoms with Crippen LogP contribution in [0.3, 0.4) is 0 Å². The van der Waals surface area contributed by atoms with Gasteiger partial charge in [0.15, 0.2) is 0 Å². The molecule has 0 unspecified atom stereocenters. The van der Waals surface area contributed by atoms with Gasteiger partial charge in [0.25, 0.3) is 5.91 Å². The van der Waals surface area contributed by atoms with Gasteiger partial charge in [0, 0.05) is 5.56 Å². The molecule has 5 heteroatoms. The zero-order valence-electron chi connectivity index (χ0n) is 10.5. The SMILES string of the molecule is CC[C@H](CO)NC(=O)c1ccc(C(=O)OC)cc1. The van der Waals surface area contributed by atoms with Gasteiger partial charge in [-0.15, -0.1) is 0 Å². The van der Waals surface area contributed by atoms with E-state index in [-0.39, 0.29) is 18.6 Å². The van der Waals surface area contributed by atoms with Crippen LogP contribution in [0.2, 0.25) is 0 Å². The van der Waals surface area contributed by atoms with Crippen LogP contribution < -0.4 is 5.32 Å². The van der Waals surface area contributed by atoms with Gasteiger partial charge in [-0.3, -0.25) is 4.79 Å². The lowest BCUT2D eigenvalue weighted by molar-refractivity contribution is 0.0600. The minimum atomic E-state index is -0.441. The van der Waals surface area contributed by atoms with E-state index < -0.39 is 5.97 Å². The standard InChI is InChI=1S/C13H17NO4/c1-3-11(8-15)14-12(16)9-4-6-10(7-5-9)13(17)18-2/h4-7,11,15H,3,8H2,1-2H3,(H,14,16)/t11-/m1/s1. The van der Waals surface area contributed by atoms with Crippen LogP contribution in [0.1, 0.15) is 34.1 Å². The van der Waals surface area contributed by atoms with Crippen LogP contribution in [-0.4, -0.2) is 36.7 Å². The Bertz CT molecular complexity index is 410. The highest BCUT2D eigenvalue weighted by Crippen LogP contribution is 2.06. The molecule has 1 rings (SSSR count). The summed E-state index contributed by atoms with van der Waals surface area (Å²) >= 11 is 0. The van der Waals surface area contributed by atoms with Gasteiger partial charge >= 0.3 is 5.97 Å².